The van der Waals surface area contributed by atoms with Crippen LogP contribution in [0.3, 0.4) is 0 Å². The van der Waals surface area contributed by atoms with Crippen molar-refractivity contribution >= 4 is 11.8 Å². The first-order valence-electron chi connectivity index (χ1n) is 5.86. The predicted molar refractivity (Wildman–Crippen MR) is 62.8 cm³/mol. The van der Waals surface area contributed by atoms with Gasteiger partial charge in [-0.3, -0.25) is 0 Å². The van der Waals surface area contributed by atoms with Crippen molar-refractivity contribution in [3.63, 3.8) is 0 Å². The molecule has 1 aliphatic rings. The highest BCUT2D eigenvalue weighted by atomic mass is 32.2. The van der Waals surface area contributed by atoms with Gasteiger partial charge in [-0.2, -0.15) is 24.9 Å². The molecule has 1 N–H and O–H groups in total. The van der Waals surface area contributed by atoms with E-state index in [4.69, 9.17) is 0 Å². The van der Waals surface area contributed by atoms with E-state index in [1.165, 1.54) is 25.7 Å². The van der Waals surface area contributed by atoms with Crippen molar-refractivity contribution in [2.75, 3.05) is 18.8 Å². The van der Waals surface area contributed by atoms with Crippen LogP contribution in [0, 0.1) is 5.92 Å². The van der Waals surface area contributed by atoms with Crippen molar-refractivity contribution < 1.29 is 13.2 Å². The van der Waals surface area contributed by atoms with Crippen LogP contribution in [-0.2, 0) is 0 Å². The molecule has 0 aromatic heterocycles. The zero-order chi connectivity index (χ0) is 12.0. The molecule has 0 aromatic carbocycles. The van der Waals surface area contributed by atoms with Crippen LogP contribution in [0.4, 0.5) is 13.2 Å². The minimum atomic E-state index is -4.09. The van der Waals surface area contributed by atoms with E-state index in [9.17, 15) is 13.2 Å². The summed E-state index contributed by atoms with van der Waals surface area (Å²) in [6.07, 6.45) is 1.17. The molecule has 0 radical (unpaired) electrons. The predicted octanol–water partition coefficient (Wildman–Crippen LogP) is 3.45. The lowest BCUT2D eigenvalue weighted by molar-refractivity contribution is -0.124. The lowest BCUT2D eigenvalue weighted by Gasteiger charge is -2.15. The molecule has 1 nitrogen and oxygen atoms in total. The average molecular weight is 255 g/mol. The summed E-state index contributed by atoms with van der Waals surface area (Å²) in [4.78, 5) is 0. The first kappa shape index (κ1) is 14.2. The van der Waals surface area contributed by atoms with E-state index < -0.39 is 12.7 Å². The van der Waals surface area contributed by atoms with Gasteiger partial charge in [-0.25, -0.2) is 0 Å². The largest absolute Gasteiger partial charge is 0.401 e. The SMILES string of the molecule is CC(CNCC(F)(F)F)SCC1CCCC1. The van der Waals surface area contributed by atoms with Crippen molar-refractivity contribution in [1.82, 2.24) is 5.32 Å². The fraction of sp³-hybridized carbons (Fsp3) is 1.00. The average Bonchev–Trinajstić information content (AvgIpc) is 2.65. The van der Waals surface area contributed by atoms with E-state index in [2.05, 4.69) is 5.32 Å². The molecular weight excluding hydrogens is 235 g/mol. The Morgan fingerprint density at radius 3 is 2.50 bits per heavy atom. The lowest BCUT2D eigenvalue weighted by atomic mass is 10.1. The molecule has 0 amide bonds. The summed E-state index contributed by atoms with van der Waals surface area (Å²) in [5.41, 5.74) is 0. The molecule has 1 aliphatic carbocycles. The quantitative estimate of drug-likeness (QED) is 0.780. The third kappa shape index (κ3) is 6.63. The van der Waals surface area contributed by atoms with Gasteiger partial charge in [0.25, 0.3) is 0 Å². The van der Waals surface area contributed by atoms with E-state index in [1.54, 1.807) is 11.8 Å². The number of rotatable bonds is 6. The molecule has 1 saturated carbocycles. The third-order valence-corrected chi connectivity index (χ3v) is 4.25. The molecule has 1 atom stereocenters. The van der Waals surface area contributed by atoms with Crippen LogP contribution in [0.25, 0.3) is 0 Å². The van der Waals surface area contributed by atoms with Crippen LogP contribution in [0.15, 0.2) is 0 Å². The first-order chi connectivity index (χ1) is 7.47. The number of hydrogen-bond donors (Lipinski definition) is 1. The Bertz CT molecular complexity index is 190. The first-order valence-corrected chi connectivity index (χ1v) is 6.91. The number of hydrogen-bond acceptors (Lipinski definition) is 2. The van der Waals surface area contributed by atoms with Gasteiger partial charge in [0.15, 0.2) is 0 Å². The zero-order valence-electron chi connectivity index (χ0n) is 9.65. The molecule has 96 valence electrons. The number of nitrogens with one attached hydrogen (secondary N) is 1. The van der Waals surface area contributed by atoms with E-state index in [1.807, 2.05) is 6.92 Å². The molecule has 1 rings (SSSR count). The Balaban J connectivity index is 2.00. The number of halogens is 3. The summed E-state index contributed by atoms with van der Waals surface area (Å²) in [6, 6.07) is 0. The second-order valence-electron chi connectivity index (χ2n) is 4.54. The Hall–Kier alpha value is 0.100. The molecule has 0 bridgehead atoms. The highest BCUT2D eigenvalue weighted by Gasteiger charge is 2.26. The summed E-state index contributed by atoms with van der Waals surface area (Å²) in [7, 11) is 0. The molecule has 5 heteroatoms. The monoisotopic (exact) mass is 255 g/mol. The van der Waals surface area contributed by atoms with E-state index in [0.29, 0.717) is 6.54 Å². The van der Waals surface area contributed by atoms with E-state index in [0.717, 1.165) is 11.7 Å². The van der Waals surface area contributed by atoms with Gasteiger partial charge < -0.3 is 5.32 Å². The second kappa shape index (κ2) is 6.74. The summed E-state index contributed by atoms with van der Waals surface area (Å²) >= 11 is 1.79. The molecule has 0 aliphatic heterocycles. The van der Waals surface area contributed by atoms with Gasteiger partial charge in [0, 0.05) is 11.8 Å². The van der Waals surface area contributed by atoms with Gasteiger partial charge in [-0.05, 0) is 24.5 Å². The lowest BCUT2D eigenvalue weighted by Crippen LogP contribution is -2.32. The van der Waals surface area contributed by atoms with Crippen LogP contribution in [0.2, 0.25) is 0 Å². The number of thioether (sulfide) groups is 1. The molecule has 0 saturated heterocycles. The fourth-order valence-corrected chi connectivity index (χ4v) is 3.12. The van der Waals surface area contributed by atoms with E-state index >= 15 is 0 Å². The maximum Gasteiger partial charge on any atom is 0.401 e. The normalized spacial score (nSPS) is 20.2. The third-order valence-electron chi connectivity index (χ3n) is 2.85. The molecule has 1 unspecified atom stereocenters. The van der Waals surface area contributed by atoms with Crippen molar-refractivity contribution in [3.05, 3.63) is 0 Å². The zero-order valence-corrected chi connectivity index (χ0v) is 10.5. The molecule has 0 spiro atoms. The van der Waals surface area contributed by atoms with E-state index in [-0.39, 0.29) is 5.25 Å². The van der Waals surface area contributed by atoms with Crippen LogP contribution < -0.4 is 5.32 Å². The summed E-state index contributed by atoms with van der Waals surface area (Å²) in [5, 5.41) is 2.72. The van der Waals surface area contributed by atoms with Gasteiger partial charge in [0.05, 0.1) is 6.54 Å². The fourth-order valence-electron chi connectivity index (χ4n) is 1.95. The Morgan fingerprint density at radius 2 is 1.94 bits per heavy atom. The maximum absolute atomic E-state index is 11.9. The van der Waals surface area contributed by atoms with Crippen LogP contribution in [0.5, 0.6) is 0 Å². The van der Waals surface area contributed by atoms with Gasteiger partial charge in [-0.15, -0.1) is 0 Å². The summed E-state index contributed by atoms with van der Waals surface area (Å²) in [5.74, 6) is 1.91. The Labute approximate surface area is 99.6 Å². The van der Waals surface area contributed by atoms with Crippen LogP contribution in [0.1, 0.15) is 32.6 Å². The van der Waals surface area contributed by atoms with Crippen LogP contribution in [-0.4, -0.2) is 30.3 Å². The van der Waals surface area contributed by atoms with Gasteiger partial charge in [-0.1, -0.05) is 19.8 Å². The van der Waals surface area contributed by atoms with Crippen molar-refractivity contribution in [2.45, 2.75) is 44.0 Å². The minimum Gasteiger partial charge on any atom is -0.308 e. The summed E-state index contributed by atoms with van der Waals surface area (Å²) in [6.45, 7) is 1.56. The molecule has 16 heavy (non-hydrogen) atoms. The van der Waals surface area contributed by atoms with Crippen molar-refractivity contribution in [2.24, 2.45) is 5.92 Å². The van der Waals surface area contributed by atoms with Gasteiger partial charge in [0.2, 0.25) is 0 Å². The smallest absolute Gasteiger partial charge is 0.308 e. The molecular formula is C11H20F3NS. The highest BCUT2D eigenvalue weighted by Crippen LogP contribution is 2.29. The maximum atomic E-state index is 11.9. The summed E-state index contributed by atoms with van der Waals surface area (Å²) < 4.78 is 35.6. The van der Waals surface area contributed by atoms with Gasteiger partial charge >= 0.3 is 6.18 Å². The van der Waals surface area contributed by atoms with Crippen LogP contribution >= 0.6 is 11.8 Å². The van der Waals surface area contributed by atoms with Crippen molar-refractivity contribution in [3.8, 4) is 0 Å². The molecule has 0 aromatic rings. The van der Waals surface area contributed by atoms with Gasteiger partial charge in [0.1, 0.15) is 0 Å². The second-order valence-corrected chi connectivity index (χ2v) is 6.01. The molecule has 1 fully saturated rings. The molecule has 0 heterocycles. The Morgan fingerprint density at radius 1 is 1.31 bits per heavy atom. The van der Waals surface area contributed by atoms with Crippen molar-refractivity contribution in [1.29, 1.82) is 0 Å². The topological polar surface area (TPSA) is 12.0 Å². The number of alkyl halides is 3. The standard InChI is InChI=1S/C11H20F3NS/c1-9(6-15-8-11(12,13)14)16-7-10-4-2-3-5-10/h9-10,15H,2-8H2,1H3. The Kier molecular flexibility index (Phi) is 5.97. The minimum absolute atomic E-state index is 0.267. The highest BCUT2D eigenvalue weighted by molar-refractivity contribution is 7.99.